The zero-order valence-electron chi connectivity index (χ0n) is 101. The quantitative estimate of drug-likeness (QED) is 0.0322. The van der Waals surface area contributed by atoms with Gasteiger partial charge >= 0.3 is 0 Å². The van der Waals surface area contributed by atoms with Gasteiger partial charge in [-0.1, -0.05) is 417 Å². The number of aromatic nitrogens is 24. The molecule has 0 fully saturated rings. The number of aryl methyl sites for hydroxylation is 16. The molecule has 0 atom stereocenters. The minimum absolute atomic E-state index is 0.730. The van der Waals surface area contributed by atoms with E-state index >= 15 is 0 Å². The minimum Gasteiger partial charge on any atom is -0.252 e. The Morgan fingerprint density at radius 2 is 0.331 bits per heavy atom. The molecule has 0 aromatic carbocycles. The minimum atomic E-state index is 0.730. The third-order valence-corrected chi connectivity index (χ3v) is 26.4. The SMILES string of the molecule is CC(C)CCCCCCc1cn(CCC(C)C)nn1.CC(C)CCCCCCc1cn(CCC(C)C)nn1.CC(C)CCCCCCc1cnnn1CCC(C)C.CC(C)CCCCCc1cnnn1CCC(C)C.CC(C)CCCCCc1cnnn1CCCC(C)C.CC(C)CCCCc1cn(CCC(C)C)nn1.CC(C)CCCCc1cn(CCC(C)C)nn1.CC(C)CCCCn1cc(CCC(C)C)nn1. The molecule has 0 saturated carbocycles. The van der Waals surface area contributed by atoms with Gasteiger partial charge in [-0.3, -0.25) is 23.4 Å². The summed E-state index contributed by atoms with van der Waals surface area (Å²) < 4.78 is 16.2. The highest BCUT2D eigenvalue weighted by Gasteiger charge is 2.14. The Bertz CT molecular complexity index is 3870. The van der Waals surface area contributed by atoms with E-state index in [9.17, 15) is 0 Å². The molecule has 145 heavy (non-hydrogen) atoms. The zero-order chi connectivity index (χ0) is 108. The number of nitrogens with zero attached hydrogens (tertiary/aromatic N) is 24. The fourth-order valence-corrected chi connectivity index (χ4v) is 16.5. The van der Waals surface area contributed by atoms with E-state index in [4.69, 9.17) is 0 Å². The van der Waals surface area contributed by atoms with Gasteiger partial charge in [0.15, 0.2) is 0 Å². The van der Waals surface area contributed by atoms with E-state index in [2.05, 4.69) is 349 Å². The summed E-state index contributed by atoms with van der Waals surface area (Å²) in [5.41, 5.74) is 9.69. The maximum absolute atomic E-state index is 4.25. The topological polar surface area (TPSA) is 246 Å². The van der Waals surface area contributed by atoms with Crippen molar-refractivity contribution in [3.05, 3.63) is 95.1 Å². The molecule has 24 nitrogen and oxygen atoms in total. The molecule has 0 bridgehead atoms. The molecule has 0 aliphatic carbocycles. The molecule has 838 valence electrons. The van der Waals surface area contributed by atoms with Crippen LogP contribution in [0.1, 0.15) is 530 Å². The third kappa shape index (κ3) is 83.5. The van der Waals surface area contributed by atoms with E-state index in [-0.39, 0.29) is 0 Å². The summed E-state index contributed by atoms with van der Waals surface area (Å²) in [6.45, 7) is 80.7. The fourth-order valence-electron chi connectivity index (χ4n) is 16.5. The Labute approximate surface area is 893 Å². The zero-order valence-corrected chi connectivity index (χ0v) is 101. The first-order chi connectivity index (χ1) is 69.2. The van der Waals surface area contributed by atoms with E-state index in [1.54, 1.807) is 0 Å². The molecule has 0 saturated heterocycles. The van der Waals surface area contributed by atoms with Crippen LogP contribution in [0.15, 0.2) is 49.6 Å². The molecule has 0 N–H and O–H groups in total. The maximum atomic E-state index is 4.25. The Morgan fingerprint density at radius 3 is 0.579 bits per heavy atom. The van der Waals surface area contributed by atoms with Crippen molar-refractivity contribution in [3.63, 3.8) is 0 Å². The molecule has 24 heteroatoms. The van der Waals surface area contributed by atoms with Crippen molar-refractivity contribution in [2.45, 2.75) is 589 Å². The summed E-state index contributed by atoms with van der Waals surface area (Å²) >= 11 is 0. The molecule has 0 aliphatic rings. The van der Waals surface area contributed by atoms with Crippen molar-refractivity contribution in [3.8, 4) is 0 Å². The van der Waals surface area contributed by atoms with E-state index < -0.39 is 0 Å². The second kappa shape index (κ2) is 87.8. The van der Waals surface area contributed by atoms with Crippen LogP contribution in [-0.4, -0.2) is 120 Å². The summed E-state index contributed by atoms with van der Waals surface area (Å²) in [5.74, 6) is 12.6. The Morgan fingerprint density at radius 1 is 0.152 bits per heavy atom. The molecule has 0 radical (unpaired) electrons. The van der Waals surface area contributed by atoms with Gasteiger partial charge in [0.2, 0.25) is 0 Å². The monoisotopic (exact) mass is 2020 g/mol. The van der Waals surface area contributed by atoms with Crippen molar-refractivity contribution >= 4 is 0 Å². The predicted molar refractivity (Wildman–Crippen MR) is 617 cm³/mol. The second-order valence-electron chi connectivity index (χ2n) is 49.5. The smallest absolute Gasteiger partial charge is 0.0827 e. The number of hydrogen-bond acceptors (Lipinski definition) is 16. The average Bonchev–Trinajstić information content (AvgIpc) is 1.77. The van der Waals surface area contributed by atoms with Crippen LogP contribution in [0.25, 0.3) is 0 Å². The lowest BCUT2D eigenvalue weighted by Crippen LogP contribution is -2.07. The first kappa shape index (κ1) is 136. The van der Waals surface area contributed by atoms with Gasteiger partial charge in [0, 0.05) is 83.3 Å². The summed E-state index contributed by atoms with van der Waals surface area (Å²) in [6.07, 6.45) is 78.1. The Balaban J connectivity index is 0.000000829. The molecular formula is C121H234N24. The van der Waals surface area contributed by atoms with Crippen molar-refractivity contribution < 1.29 is 0 Å². The highest BCUT2D eigenvalue weighted by molar-refractivity contribution is 4.99. The molecule has 8 rings (SSSR count). The van der Waals surface area contributed by atoms with Crippen LogP contribution in [0.3, 0.4) is 0 Å². The summed E-state index contributed by atoms with van der Waals surface area (Å²) in [7, 11) is 0. The van der Waals surface area contributed by atoms with Crippen LogP contribution in [0.5, 0.6) is 0 Å². The normalized spacial score (nSPS) is 11.7. The van der Waals surface area contributed by atoms with Crippen molar-refractivity contribution in [2.75, 3.05) is 0 Å². The Hall–Kier alpha value is -6.88. The van der Waals surface area contributed by atoms with Gasteiger partial charge in [-0.15, -0.1) is 40.8 Å². The van der Waals surface area contributed by atoms with Crippen LogP contribution in [0.4, 0.5) is 0 Å². The van der Waals surface area contributed by atoms with E-state index in [0.29, 0.717) is 0 Å². The second-order valence-corrected chi connectivity index (χ2v) is 49.5. The first-order valence-electron chi connectivity index (χ1n) is 60.2. The van der Waals surface area contributed by atoms with Gasteiger partial charge in [-0.05, 0) is 255 Å². The molecular weight excluding hydrogens is 1790 g/mol. The van der Waals surface area contributed by atoms with Gasteiger partial charge in [-0.2, -0.15) is 0 Å². The number of unbranched alkanes of at least 4 members (excludes halogenated alkanes) is 16. The van der Waals surface area contributed by atoms with Gasteiger partial charge < -0.3 is 0 Å². The number of hydrogen-bond donors (Lipinski definition) is 0. The lowest BCUT2D eigenvalue weighted by atomic mass is 10.0. The molecule has 8 heterocycles. The molecule has 0 spiro atoms. The summed E-state index contributed by atoms with van der Waals surface area (Å²) in [5, 5.41) is 66.8. The molecule has 0 amide bonds. The Kier molecular flexibility index (Phi) is 82.4. The van der Waals surface area contributed by atoms with Gasteiger partial charge in [0.05, 0.1) is 64.1 Å². The molecule has 0 unspecified atom stereocenters. The number of rotatable bonds is 73. The fraction of sp³-hybridized carbons (Fsp3) is 0.868. The first-order valence-corrected chi connectivity index (χ1v) is 60.2. The third-order valence-electron chi connectivity index (χ3n) is 26.4. The van der Waals surface area contributed by atoms with Crippen LogP contribution < -0.4 is 0 Å². The van der Waals surface area contributed by atoms with Crippen molar-refractivity contribution in [1.82, 2.24) is 120 Å². The lowest BCUT2D eigenvalue weighted by Gasteiger charge is -2.08. The maximum Gasteiger partial charge on any atom is 0.0827 e. The highest BCUT2D eigenvalue weighted by atomic mass is 15.5. The van der Waals surface area contributed by atoms with Crippen LogP contribution in [0, 0.1) is 94.7 Å². The summed E-state index contributed by atoms with van der Waals surface area (Å²) in [6, 6.07) is 0. The molecule has 8 aromatic rings. The van der Waals surface area contributed by atoms with E-state index in [0.717, 1.165) is 227 Å². The largest absolute Gasteiger partial charge is 0.252 e. The van der Waals surface area contributed by atoms with E-state index in [1.165, 1.54) is 280 Å². The van der Waals surface area contributed by atoms with Gasteiger partial charge in [0.1, 0.15) is 0 Å². The van der Waals surface area contributed by atoms with Gasteiger partial charge in [0.25, 0.3) is 0 Å². The van der Waals surface area contributed by atoms with Crippen molar-refractivity contribution in [2.24, 2.45) is 94.7 Å². The van der Waals surface area contributed by atoms with Gasteiger partial charge in [-0.25, -0.2) is 14.0 Å². The van der Waals surface area contributed by atoms with Crippen LogP contribution in [0.2, 0.25) is 0 Å². The van der Waals surface area contributed by atoms with Crippen molar-refractivity contribution in [1.29, 1.82) is 0 Å². The van der Waals surface area contributed by atoms with Crippen LogP contribution in [-0.2, 0) is 104 Å². The highest BCUT2D eigenvalue weighted by Crippen LogP contribution is 2.22. The van der Waals surface area contributed by atoms with E-state index in [1.807, 2.05) is 42.0 Å². The molecule has 0 aliphatic heterocycles. The standard InChI is InChI=1S/4C16H31N3.C15H29N3.3C14H27N3/c1-14(2)9-6-5-7-11-16-13-17-18-19(16)12-8-10-15(3)4;2*1-14(2)9-7-5-6-8-10-16-13-19(18-17-16)12-11-15(3)4;1-14(2)9-7-5-6-8-10-16-13-17-18-19(16)12-11-15(3)4;1-13(2)8-6-5-7-9-15-12-16-17-18(15)11-10-14(3)4;1-12(2)7-5-6-10-17-11-14(15-16-17)9-8-13(3)4;2*1-12(2)7-5-6-8-14-11-17(16-15-14)10-9-13(3)4/h4*13-15H,5-12H2,1-4H3;12-14H,5-11H2,1-4H3;3*11-13H,5-10H2,1-4H3. The predicted octanol–water partition coefficient (Wildman–Crippen LogP) is 33.1. The summed E-state index contributed by atoms with van der Waals surface area (Å²) in [4.78, 5) is 0. The molecule has 8 aromatic heterocycles. The lowest BCUT2D eigenvalue weighted by molar-refractivity contribution is 0.462. The average molecular weight is 2030 g/mol. The van der Waals surface area contributed by atoms with Crippen LogP contribution >= 0.6 is 0 Å².